The van der Waals surface area contributed by atoms with Crippen molar-refractivity contribution in [2.45, 2.75) is 38.3 Å². The van der Waals surface area contributed by atoms with Gasteiger partial charge in [0, 0.05) is 45.0 Å². The number of aromatic nitrogens is 2. The average molecular weight is 248 g/mol. The molecule has 2 heterocycles. The molecule has 1 saturated carbocycles. The molecule has 1 N–H and O–H groups in total. The SMILES string of the molecule is CC1CNC(C2CC2)CN1CCc1cnn(C)c1. The Balaban J connectivity index is 1.53. The molecule has 1 aliphatic carbocycles. The highest BCUT2D eigenvalue weighted by molar-refractivity contribution is 5.04. The van der Waals surface area contributed by atoms with E-state index in [-0.39, 0.29) is 0 Å². The van der Waals surface area contributed by atoms with E-state index >= 15 is 0 Å². The van der Waals surface area contributed by atoms with Gasteiger partial charge in [-0.2, -0.15) is 5.10 Å². The van der Waals surface area contributed by atoms with Crippen molar-refractivity contribution in [3.63, 3.8) is 0 Å². The van der Waals surface area contributed by atoms with Gasteiger partial charge < -0.3 is 5.32 Å². The molecule has 2 aliphatic rings. The minimum Gasteiger partial charge on any atom is -0.311 e. The van der Waals surface area contributed by atoms with Crippen LogP contribution in [0, 0.1) is 5.92 Å². The van der Waals surface area contributed by atoms with Crippen LogP contribution in [-0.4, -0.2) is 46.4 Å². The van der Waals surface area contributed by atoms with Gasteiger partial charge in [-0.3, -0.25) is 9.58 Å². The summed E-state index contributed by atoms with van der Waals surface area (Å²) < 4.78 is 1.89. The van der Waals surface area contributed by atoms with E-state index in [1.807, 2.05) is 17.9 Å². The number of hydrogen-bond acceptors (Lipinski definition) is 3. The Bertz CT molecular complexity index is 396. The summed E-state index contributed by atoms with van der Waals surface area (Å²) in [5, 5.41) is 7.94. The van der Waals surface area contributed by atoms with Crippen LogP contribution in [0.25, 0.3) is 0 Å². The molecule has 2 atom stereocenters. The number of rotatable bonds is 4. The Labute approximate surface area is 109 Å². The normalized spacial score (nSPS) is 29.7. The summed E-state index contributed by atoms with van der Waals surface area (Å²) in [6.45, 7) is 5.87. The van der Waals surface area contributed by atoms with E-state index in [1.165, 1.54) is 24.9 Å². The lowest BCUT2D eigenvalue weighted by atomic mass is 10.1. The zero-order chi connectivity index (χ0) is 12.5. The van der Waals surface area contributed by atoms with E-state index in [4.69, 9.17) is 0 Å². The van der Waals surface area contributed by atoms with Crippen LogP contribution in [0.15, 0.2) is 12.4 Å². The van der Waals surface area contributed by atoms with Gasteiger partial charge in [-0.15, -0.1) is 0 Å². The van der Waals surface area contributed by atoms with Gasteiger partial charge in [0.1, 0.15) is 0 Å². The van der Waals surface area contributed by atoms with Gasteiger partial charge >= 0.3 is 0 Å². The molecular formula is C14H24N4. The van der Waals surface area contributed by atoms with Crippen LogP contribution in [0.2, 0.25) is 0 Å². The number of nitrogens with zero attached hydrogens (tertiary/aromatic N) is 3. The Kier molecular flexibility index (Phi) is 3.39. The van der Waals surface area contributed by atoms with E-state index in [9.17, 15) is 0 Å². The molecule has 100 valence electrons. The van der Waals surface area contributed by atoms with Gasteiger partial charge in [-0.25, -0.2) is 0 Å². The van der Waals surface area contributed by atoms with Crippen molar-refractivity contribution in [2.75, 3.05) is 19.6 Å². The maximum absolute atomic E-state index is 4.24. The van der Waals surface area contributed by atoms with Crippen LogP contribution in [0.3, 0.4) is 0 Å². The van der Waals surface area contributed by atoms with Crippen molar-refractivity contribution < 1.29 is 0 Å². The zero-order valence-electron chi connectivity index (χ0n) is 11.5. The third kappa shape index (κ3) is 2.75. The van der Waals surface area contributed by atoms with Gasteiger partial charge in [0.2, 0.25) is 0 Å². The summed E-state index contributed by atoms with van der Waals surface area (Å²) in [6, 6.07) is 1.41. The predicted octanol–water partition coefficient (Wildman–Crippen LogP) is 1.03. The van der Waals surface area contributed by atoms with Gasteiger partial charge in [0.25, 0.3) is 0 Å². The standard InChI is InChI=1S/C14H24N4/c1-11-7-15-14(13-3-4-13)10-18(11)6-5-12-8-16-17(2)9-12/h8-9,11,13-15H,3-7,10H2,1-2H3. The molecule has 1 aromatic rings. The first kappa shape index (κ1) is 12.2. The summed E-state index contributed by atoms with van der Waals surface area (Å²) in [5.74, 6) is 0.957. The third-order valence-corrected chi connectivity index (χ3v) is 4.37. The van der Waals surface area contributed by atoms with Gasteiger partial charge in [-0.1, -0.05) is 0 Å². The quantitative estimate of drug-likeness (QED) is 0.864. The van der Waals surface area contributed by atoms with Crippen molar-refractivity contribution in [1.82, 2.24) is 20.0 Å². The molecule has 18 heavy (non-hydrogen) atoms. The van der Waals surface area contributed by atoms with Crippen molar-refractivity contribution in [3.8, 4) is 0 Å². The lowest BCUT2D eigenvalue weighted by molar-refractivity contribution is 0.134. The van der Waals surface area contributed by atoms with Crippen LogP contribution in [0.4, 0.5) is 0 Å². The largest absolute Gasteiger partial charge is 0.311 e. The highest BCUT2D eigenvalue weighted by Crippen LogP contribution is 2.34. The molecule has 0 amide bonds. The molecule has 0 spiro atoms. The van der Waals surface area contributed by atoms with Crippen molar-refractivity contribution in [1.29, 1.82) is 0 Å². The first-order chi connectivity index (χ1) is 8.72. The first-order valence-electron chi connectivity index (χ1n) is 7.17. The Morgan fingerprint density at radius 1 is 1.44 bits per heavy atom. The lowest BCUT2D eigenvalue weighted by Gasteiger charge is -2.39. The van der Waals surface area contributed by atoms with Crippen molar-refractivity contribution >= 4 is 0 Å². The zero-order valence-corrected chi connectivity index (χ0v) is 11.5. The van der Waals surface area contributed by atoms with Crippen LogP contribution in [0.1, 0.15) is 25.3 Å². The fourth-order valence-electron chi connectivity index (χ4n) is 2.95. The van der Waals surface area contributed by atoms with E-state index in [1.54, 1.807) is 0 Å². The molecule has 1 aromatic heterocycles. The van der Waals surface area contributed by atoms with Crippen LogP contribution in [-0.2, 0) is 13.5 Å². The predicted molar refractivity (Wildman–Crippen MR) is 72.5 cm³/mol. The Hall–Kier alpha value is -0.870. The number of nitrogens with one attached hydrogen (secondary N) is 1. The Morgan fingerprint density at radius 2 is 2.28 bits per heavy atom. The minimum atomic E-state index is 0.664. The lowest BCUT2D eigenvalue weighted by Crippen LogP contribution is -2.56. The van der Waals surface area contributed by atoms with Gasteiger partial charge in [0.15, 0.2) is 0 Å². The second kappa shape index (κ2) is 5.02. The topological polar surface area (TPSA) is 33.1 Å². The van der Waals surface area contributed by atoms with E-state index in [2.05, 4.69) is 28.4 Å². The molecule has 1 aliphatic heterocycles. The first-order valence-corrected chi connectivity index (χ1v) is 7.17. The molecular weight excluding hydrogens is 224 g/mol. The molecule has 1 saturated heterocycles. The summed E-state index contributed by atoms with van der Waals surface area (Å²) in [7, 11) is 1.99. The van der Waals surface area contributed by atoms with Crippen LogP contribution in [0.5, 0.6) is 0 Å². The van der Waals surface area contributed by atoms with Gasteiger partial charge in [0.05, 0.1) is 6.20 Å². The molecule has 0 radical (unpaired) electrons. The molecule has 4 heteroatoms. The van der Waals surface area contributed by atoms with E-state index < -0.39 is 0 Å². The fraction of sp³-hybridized carbons (Fsp3) is 0.786. The van der Waals surface area contributed by atoms with Gasteiger partial charge in [-0.05, 0) is 37.7 Å². The summed E-state index contributed by atoms with van der Waals surface area (Å²) >= 11 is 0. The molecule has 2 fully saturated rings. The third-order valence-electron chi connectivity index (χ3n) is 4.37. The van der Waals surface area contributed by atoms with Crippen molar-refractivity contribution in [3.05, 3.63) is 18.0 Å². The maximum Gasteiger partial charge on any atom is 0.0522 e. The maximum atomic E-state index is 4.24. The number of piperazine rings is 1. The van der Waals surface area contributed by atoms with Crippen molar-refractivity contribution in [2.24, 2.45) is 13.0 Å². The smallest absolute Gasteiger partial charge is 0.0522 e. The minimum absolute atomic E-state index is 0.664. The highest BCUT2D eigenvalue weighted by Gasteiger charge is 2.35. The Morgan fingerprint density at radius 3 is 2.94 bits per heavy atom. The molecule has 4 nitrogen and oxygen atoms in total. The fourth-order valence-corrected chi connectivity index (χ4v) is 2.95. The average Bonchev–Trinajstić information content (AvgIpc) is 3.12. The number of hydrogen-bond donors (Lipinski definition) is 1. The summed E-state index contributed by atoms with van der Waals surface area (Å²) in [6.07, 6.45) is 8.11. The van der Waals surface area contributed by atoms with E-state index in [0.717, 1.165) is 31.5 Å². The van der Waals surface area contributed by atoms with Crippen LogP contribution < -0.4 is 5.32 Å². The second-order valence-electron chi connectivity index (χ2n) is 5.97. The number of aryl methyl sites for hydroxylation is 1. The molecule has 0 aromatic carbocycles. The monoisotopic (exact) mass is 248 g/mol. The molecule has 2 unspecified atom stereocenters. The van der Waals surface area contributed by atoms with Crippen LogP contribution >= 0.6 is 0 Å². The molecule has 0 bridgehead atoms. The molecule has 3 rings (SSSR count). The highest BCUT2D eigenvalue weighted by atomic mass is 15.2. The second-order valence-corrected chi connectivity index (χ2v) is 5.97. The summed E-state index contributed by atoms with van der Waals surface area (Å²) in [5.41, 5.74) is 1.35. The van der Waals surface area contributed by atoms with E-state index in [0.29, 0.717) is 6.04 Å². The summed E-state index contributed by atoms with van der Waals surface area (Å²) in [4.78, 5) is 2.65.